The highest BCUT2D eigenvalue weighted by molar-refractivity contribution is 8.00. The molecule has 0 spiro atoms. The number of thioether (sulfide) groups is 1. The molecule has 10 heteroatoms. The fraction of sp³-hybridized carbons (Fsp3) is 0.438. The van der Waals surface area contributed by atoms with Crippen molar-refractivity contribution in [2.45, 2.75) is 30.3 Å². The van der Waals surface area contributed by atoms with E-state index in [1.807, 2.05) is 18.2 Å². The van der Waals surface area contributed by atoms with E-state index in [0.29, 0.717) is 12.2 Å². The van der Waals surface area contributed by atoms with Crippen LogP contribution in [0.15, 0.2) is 35.4 Å². The Kier molecular flexibility index (Phi) is 5.23. The van der Waals surface area contributed by atoms with Gasteiger partial charge in [-0.3, -0.25) is 14.5 Å². The lowest BCUT2D eigenvalue weighted by molar-refractivity contribution is -0.149. The van der Waals surface area contributed by atoms with E-state index in [9.17, 15) is 14.4 Å². The minimum absolute atomic E-state index is 0.149. The van der Waals surface area contributed by atoms with Gasteiger partial charge in [-0.2, -0.15) is 0 Å². The first-order chi connectivity index (χ1) is 12.4. The summed E-state index contributed by atoms with van der Waals surface area (Å²) in [6, 6.07) is -1.61. The van der Waals surface area contributed by atoms with Gasteiger partial charge in [0.1, 0.15) is 17.5 Å². The van der Waals surface area contributed by atoms with E-state index in [2.05, 4.69) is 5.32 Å². The molecule has 2 aliphatic heterocycles. The van der Waals surface area contributed by atoms with E-state index in [-0.39, 0.29) is 11.6 Å². The van der Waals surface area contributed by atoms with Crippen LogP contribution in [0.4, 0.5) is 4.79 Å². The first kappa shape index (κ1) is 18.3. The van der Waals surface area contributed by atoms with Gasteiger partial charge in [0.2, 0.25) is 11.8 Å². The van der Waals surface area contributed by atoms with Crippen LogP contribution in [0.5, 0.6) is 0 Å². The number of fused-ring (bicyclic) bond motifs is 1. The zero-order valence-electron chi connectivity index (χ0n) is 14.0. The number of allylic oxidation sites excluding steroid dienone is 3. The monoisotopic (exact) mass is 381 g/mol. The number of nitrogens with one attached hydrogen (secondary N) is 1. The van der Waals surface area contributed by atoms with E-state index in [0.717, 1.165) is 12.0 Å². The van der Waals surface area contributed by atoms with Crippen molar-refractivity contribution in [3.05, 3.63) is 35.4 Å². The Labute approximate surface area is 153 Å². The molecule has 0 aromatic carbocycles. The first-order valence-electron chi connectivity index (χ1n) is 7.96. The number of nitrogens with two attached hydrogens (primary N) is 1. The molecule has 0 bridgehead atoms. The normalized spacial score (nSPS) is 25.7. The van der Waals surface area contributed by atoms with Gasteiger partial charge in [-0.25, -0.2) is 4.79 Å². The Morgan fingerprint density at radius 3 is 2.85 bits per heavy atom. The van der Waals surface area contributed by atoms with Crippen LogP contribution in [0.2, 0.25) is 0 Å². The molecule has 140 valence electrons. The molecule has 2 amide bonds. The van der Waals surface area contributed by atoms with Crippen LogP contribution in [0.25, 0.3) is 0 Å². The topological polar surface area (TPSA) is 131 Å². The summed E-state index contributed by atoms with van der Waals surface area (Å²) in [5, 5.41) is 11.1. The van der Waals surface area contributed by atoms with Gasteiger partial charge in [0.25, 0.3) is 5.91 Å². The molecule has 1 aliphatic carbocycles. The summed E-state index contributed by atoms with van der Waals surface area (Å²) < 4.78 is 9.80. The number of rotatable bonds is 5. The number of carbonyl (C=O) groups is 3. The van der Waals surface area contributed by atoms with Crippen molar-refractivity contribution in [2.24, 2.45) is 5.73 Å². The van der Waals surface area contributed by atoms with Gasteiger partial charge < -0.3 is 25.6 Å². The second-order valence-corrected chi connectivity index (χ2v) is 6.97. The van der Waals surface area contributed by atoms with Crippen molar-refractivity contribution in [1.29, 1.82) is 0 Å². The third-order valence-corrected chi connectivity index (χ3v) is 5.59. The summed E-state index contributed by atoms with van der Waals surface area (Å²) in [5.74, 6) is -0.480. The summed E-state index contributed by atoms with van der Waals surface area (Å²) in [7, 11) is 1.37. The number of ether oxygens (including phenoxy) is 2. The Hall–Kier alpha value is -2.46. The lowest BCUT2D eigenvalue weighted by Crippen LogP contribution is -2.71. The quantitative estimate of drug-likeness (QED) is 0.356. The van der Waals surface area contributed by atoms with E-state index in [1.165, 1.54) is 23.8 Å². The highest BCUT2D eigenvalue weighted by Gasteiger charge is 2.54. The number of amides is 2. The number of methoxy groups -OCH3 is 1. The minimum atomic E-state index is -1.54. The van der Waals surface area contributed by atoms with Crippen LogP contribution >= 0.6 is 11.8 Å². The largest absolute Gasteiger partial charge is 0.512 e. The number of β-lactam (4-membered cyclic amide) rings is 1. The van der Waals surface area contributed by atoms with E-state index >= 15 is 0 Å². The summed E-state index contributed by atoms with van der Waals surface area (Å²) in [4.78, 5) is 36.9. The van der Waals surface area contributed by atoms with Crippen molar-refractivity contribution in [3.8, 4) is 0 Å². The van der Waals surface area contributed by atoms with Crippen molar-refractivity contribution < 1.29 is 29.0 Å². The molecular weight excluding hydrogens is 362 g/mol. The lowest BCUT2D eigenvalue weighted by atomic mass is 9.97. The van der Waals surface area contributed by atoms with E-state index in [4.69, 9.17) is 20.3 Å². The number of carbonyl (C=O) groups excluding carboxylic acids is 2. The Morgan fingerprint density at radius 1 is 1.46 bits per heavy atom. The summed E-state index contributed by atoms with van der Waals surface area (Å²) in [6.45, 7) is 0. The highest BCUT2D eigenvalue weighted by Crippen LogP contribution is 2.40. The number of hydrogen-bond acceptors (Lipinski definition) is 7. The first-order valence-corrected chi connectivity index (χ1v) is 9.01. The predicted octanol–water partition coefficient (Wildman–Crippen LogP) is 0.500. The molecule has 0 radical (unpaired) electrons. The molecule has 3 atom stereocenters. The smallest absolute Gasteiger partial charge is 0.495 e. The van der Waals surface area contributed by atoms with Crippen molar-refractivity contribution >= 4 is 29.7 Å². The molecule has 0 saturated carbocycles. The SMILES string of the molecule is COC1=C(OC(=O)O)N2C(=O)[C@@H](NC(=O)C(N)C3=CCC=CC3)[C@@H]2SC1. The van der Waals surface area contributed by atoms with Crippen LogP contribution in [0, 0.1) is 0 Å². The third-order valence-electron chi connectivity index (χ3n) is 4.33. The van der Waals surface area contributed by atoms with Gasteiger partial charge in [-0.15, -0.1) is 11.8 Å². The molecule has 9 nitrogen and oxygen atoms in total. The zero-order valence-corrected chi connectivity index (χ0v) is 14.8. The van der Waals surface area contributed by atoms with Crippen molar-refractivity contribution in [1.82, 2.24) is 10.2 Å². The maximum Gasteiger partial charge on any atom is 0.512 e. The summed E-state index contributed by atoms with van der Waals surface area (Å²) in [6.07, 6.45) is 5.63. The highest BCUT2D eigenvalue weighted by atomic mass is 32.2. The maximum atomic E-state index is 12.5. The Bertz CT molecular complexity index is 731. The molecule has 0 aromatic heterocycles. The molecule has 2 heterocycles. The van der Waals surface area contributed by atoms with E-state index < -0.39 is 35.4 Å². The van der Waals surface area contributed by atoms with Crippen LogP contribution in [-0.4, -0.2) is 58.3 Å². The third kappa shape index (κ3) is 3.29. The van der Waals surface area contributed by atoms with Gasteiger partial charge in [-0.1, -0.05) is 18.2 Å². The minimum Gasteiger partial charge on any atom is -0.495 e. The van der Waals surface area contributed by atoms with Crippen LogP contribution < -0.4 is 11.1 Å². The van der Waals surface area contributed by atoms with Gasteiger partial charge in [0, 0.05) is 0 Å². The Morgan fingerprint density at radius 2 is 2.23 bits per heavy atom. The van der Waals surface area contributed by atoms with Crippen molar-refractivity contribution in [2.75, 3.05) is 12.9 Å². The van der Waals surface area contributed by atoms with Crippen LogP contribution in [0.3, 0.4) is 0 Å². The summed E-state index contributed by atoms with van der Waals surface area (Å²) >= 11 is 1.35. The standard InChI is InChI=1S/C16H19N3O6S/c1-24-9-7-26-15-11(13(21)19(15)14(9)25-16(22)23)18-12(20)10(17)8-5-3-2-4-6-8/h2-3,6,10-11,15H,4-5,7,17H2,1H3,(H,18,20)(H,22,23)/t10?,11-,15+/m1/s1. The van der Waals surface area contributed by atoms with Gasteiger partial charge >= 0.3 is 6.16 Å². The molecule has 1 saturated heterocycles. The fourth-order valence-corrected chi connectivity index (χ4v) is 4.25. The molecule has 3 rings (SSSR count). The van der Waals surface area contributed by atoms with Crippen molar-refractivity contribution in [3.63, 3.8) is 0 Å². The molecule has 26 heavy (non-hydrogen) atoms. The molecule has 1 unspecified atom stereocenters. The molecule has 1 fully saturated rings. The van der Waals surface area contributed by atoms with E-state index in [1.54, 1.807) is 0 Å². The zero-order chi connectivity index (χ0) is 18.8. The van der Waals surface area contributed by atoms with Gasteiger partial charge in [-0.05, 0) is 18.4 Å². The van der Waals surface area contributed by atoms with Gasteiger partial charge in [0.05, 0.1) is 12.9 Å². The number of carboxylic acid groups (broad SMARTS) is 1. The Balaban J connectivity index is 1.68. The van der Waals surface area contributed by atoms with Crippen LogP contribution in [-0.2, 0) is 19.1 Å². The summed E-state index contributed by atoms with van der Waals surface area (Å²) in [5.41, 5.74) is 6.80. The van der Waals surface area contributed by atoms with Gasteiger partial charge in [0.15, 0.2) is 5.76 Å². The fourth-order valence-electron chi connectivity index (χ4n) is 2.96. The predicted molar refractivity (Wildman–Crippen MR) is 92.6 cm³/mol. The lowest BCUT2D eigenvalue weighted by Gasteiger charge is -2.48. The molecule has 0 aromatic rings. The van der Waals surface area contributed by atoms with Crippen LogP contribution in [0.1, 0.15) is 12.8 Å². The molecule has 4 N–H and O–H groups in total. The molecule has 3 aliphatic rings. The second kappa shape index (κ2) is 7.42. The average Bonchev–Trinajstić information content (AvgIpc) is 2.64. The second-order valence-electron chi connectivity index (χ2n) is 5.86. The molecular formula is C16H19N3O6S. The number of hydrogen-bond donors (Lipinski definition) is 3. The maximum absolute atomic E-state index is 12.5. The average molecular weight is 381 g/mol. The number of nitrogens with zero attached hydrogens (tertiary/aromatic N) is 1.